The molecular formula is C16H15F3N2O4. The number of benzene rings is 1. The number of aromatic nitrogens is 2. The Morgan fingerprint density at radius 3 is 2.28 bits per heavy atom. The van der Waals surface area contributed by atoms with Crippen LogP contribution in [-0.4, -0.2) is 30.2 Å². The fourth-order valence-corrected chi connectivity index (χ4v) is 1.95. The number of methoxy groups -OCH3 is 2. The van der Waals surface area contributed by atoms with Crippen LogP contribution in [-0.2, 0) is 17.5 Å². The van der Waals surface area contributed by atoms with E-state index in [0.29, 0.717) is 11.1 Å². The zero-order chi connectivity index (χ0) is 18.6. The van der Waals surface area contributed by atoms with Gasteiger partial charge in [0.25, 0.3) is 0 Å². The van der Waals surface area contributed by atoms with Crippen molar-refractivity contribution in [3.63, 3.8) is 0 Å². The molecule has 1 aromatic heterocycles. The fourth-order valence-electron chi connectivity index (χ4n) is 1.95. The van der Waals surface area contributed by atoms with E-state index in [2.05, 4.69) is 14.7 Å². The standard InChI is InChI=1S/C16H15F3N2O4/c1-9-12(14(22)23-2)20-15(24-3)21-13(9)25-8-10-4-6-11(7-5-10)16(17,18)19/h4-7H,8H2,1-3H3. The first-order valence-electron chi connectivity index (χ1n) is 7.06. The third kappa shape index (κ3) is 4.37. The number of nitrogens with zero attached hydrogens (tertiary/aromatic N) is 2. The lowest BCUT2D eigenvalue weighted by atomic mass is 10.1. The van der Waals surface area contributed by atoms with Gasteiger partial charge in [0.15, 0.2) is 5.69 Å². The first kappa shape index (κ1) is 18.5. The maximum Gasteiger partial charge on any atom is 0.416 e. The summed E-state index contributed by atoms with van der Waals surface area (Å²) in [6, 6.07) is 4.45. The van der Waals surface area contributed by atoms with E-state index in [0.717, 1.165) is 12.1 Å². The minimum Gasteiger partial charge on any atom is -0.472 e. The van der Waals surface area contributed by atoms with Crippen molar-refractivity contribution in [2.24, 2.45) is 0 Å². The molecule has 0 aliphatic rings. The van der Waals surface area contributed by atoms with Gasteiger partial charge in [-0.2, -0.15) is 23.1 Å². The molecule has 0 bridgehead atoms. The van der Waals surface area contributed by atoms with Crippen LogP contribution in [0.4, 0.5) is 13.2 Å². The summed E-state index contributed by atoms with van der Waals surface area (Å²) in [5, 5.41) is 0. The van der Waals surface area contributed by atoms with Crippen LogP contribution in [0.15, 0.2) is 24.3 Å². The van der Waals surface area contributed by atoms with Gasteiger partial charge in [0.2, 0.25) is 5.88 Å². The zero-order valence-corrected chi connectivity index (χ0v) is 13.7. The van der Waals surface area contributed by atoms with Crippen LogP contribution in [0.1, 0.15) is 27.2 Å². The van der Waals surface area contributed by atoms with Gasteiger partial charge in [0.1, 0.15) is 6.61 Å². The molecule has 9 heteroatoms. The number of carbonyl (C=O) groups is 1. The third-order valence-corrected chi connectivity index (χ3v) is 3.30. The minimum absolute atomic E-state index is 0.0169. The Hall–Kier alpha value is -2.84. The van der Waals surface area contributed by atoms with E-state index in [1.807, 2.05) is 0 Å². The zero-order valence-electron chi connectivity index (χ0n) is 13.7. The lowest BCUT2D eigenvalue weighted by Crippen LogP contribution is -2.11. The van der Waals surface area contributed by atoms with Crippen molar-refractivity contribution in [2.75, 3.05) is 14.2 Å². The first-order valence-corrected chi connectivity index (χ1v) is 7.06. The highest BCUT2D eigenvalue weighted by atomic mass is 19.4. The summed E-state index contributed by atoms with van der Waals surface area (Å²) in [7, 11) is 2.53. The number of hydrogen-bond donors (Lipinski definition) is 0. The summed E-state index contributed by atoms with van der Waals surface area (Å²) in [5.74, 6) is -0.607. The van der Waals surface area contributed by atoms with Gasteiger partial charge < -0.3 is 14.2 Å². The quantitative estimate of drug-likeness (QED) is 0.767. The first-order chi connectivity index (χ1) is 11.8. The molecule has 0 atom stereocenters. The molecule has 0 unspecified atom stereocenters. The van der Waals surface area contributed by atoms with Crippen molar-refractivity contribution < 1.29 is 32.2 Å². The van der Waals surface area contributed by atoms with E-state index >= 15 is 0 Å². The Bertz CT molecular complexity index is 761. The fraction of sp³-hybridized carbons (Fsp3) is 0.312. The molecule has 0 aliphatic carbocycles. The predicted molar refractivity (Wildman–Crippen MR) is 80.4 cm³/mol. The number of rotatable bonds is 5. The molecule has 2 aromatic rings. The van der Waals surface area contributed by atoms with Crippen LogP contribution >= 0.6 is 0 Å². The summed E-state index contributed by atoms with van der Waals surface area (Å²) in [4.78, 5) is 19.6. The molecule has 0 amide bonds. The molecular weight excluding hydrogens is 341 g/mol. The van der Waals surface area contributed by atoms with E-state index in [1.165, 1.54) is 26.4 Å². The topological polar surface area (TPSA) is 70.5 Å². The smallest absolute Gasteiger partial charge is 0.416 e. The van der Waals surface area contributed by atoms with E-state index < -0.39 is 17.7 Å². The molecule has 1 aromatic carbocycles. The Balaban J connectivity index is 2.21. The Labute approximate surface area is 141 Å². The SMILES string of the molecule is COC(=O)c1nc(OC)nc(OCc2ccc(C(F)(F)F)cc2)c1C. The summed E-state index contributed by atoms with van der Waals surface area (Å²) < 4.78 is 52.7. The Morgan fingerprint density at radius 1 is 1.12 bits per heavy atom. The summed E-state index contributed by atoms with van der Waals surface area (Å²) in [6.07, 6.45) is -4.40. The lowest BCUT2D eigenvalue weighted by Gasteiger charge is -2.12. The van der Waals surface area contributed by atoms with Gasteiger partial charge in [0, 0.05) is 5.56 Å². The second-order valence-corrected chi connectivity index (χ2v) is 4.96. The van der Waals surface area contributed by atoms with Crippen LogP contribution in [0.25, 0.3) is 0 Å². The molecule has 134 valence electrons. The summed E-state index contributed by atoms with van der Waals surface area (Å²) >= 11 is 0. The average molecular weight is 356 g/mol. The number of ether oxygens (including phenoxy) is 3. The molecule has 0 spiro atoms. The summed E-state index contributed by atoms with van der Waals surface area (Å²) in [5.41, 5.74) is 0.0741. The van der Waals surface area contributed by atoms with Crippen molar-refractivity contribution in [1.82, 2.24) is 9.97 Å². The molecule has 2 rings (SSSR count). The molecule has 0 radical (unpaired) electrons. The van der Waals surface area contributed by atoms with E-state index in [-0.39, 0.29) is 24.2 Å². The second-order valence-electron chi connectivity index (χ2n) is 4.96. The number of esters is 1. The van der Waals surface area contributed by atoms with Crippen molar-refractivity contribution in [3.05, 3.63) is 46.6 Å². The number of hydrogen-bond acceptors (Lipinski definition) is 6. The molecule has 0 fully saturated rings. The highest BCUT2D eigenvalue weighted by Crippen LogP contribution is 2.29. The Morgan fingerprint density at radius 2 is 1.76 bits per heavy atom. The molecule has 0 saturated carbocycles. The van der Waals surface area contributed by atoms with Crippen LogP contribution in [0.3, 0.4) is 0 Å². The van der Waals surface area contributed by atoms with Crippen LogP contribution in [0, 0.1) is 6.92 Å². The van der Waals surface area contributed by atoms with Gasteiger partial charge >= 0.3 is 18.2 Å². The highest BCUT2D eigenvalue weighted by Gasteiger charge is 2.30. The molecule has 25 heavy (non-hydrogen) atoms. The predicted octanol–water partition coefficient (Wildman–Crippen LogP) is 3.18. The maximum atomic E-state index is 12.6. The van der Waals surface area contributed by atoms with Crippen molar-refractivity contribution in [2.45, 2.75) is 19.7 Å². The van der Waals surface area contributed by atoms with Crippen molar-refractivity contribution in [1.29, 1.82) is 0 Å². The van der Waals surface area contributed by atoms with Gasteiger partial charge in [-0.1, -0.05) is 12.1 Å². The van der Waals surface area contributed by atoms with Gasteiger partial charge in [-0.3, -0.25) is 0 Å². The summed E-state index contributed by atoms with van der Waals surface area (Å²) in [6.45, 7) is 1.52. The van der Waals surface area contributed by atoms with Gasteiger partial charge in [-0.15, -0.1) is 0 Å². The molecule has 0 aliphatic heterocycles. The normalized spacial score (nSPS) is 11.1. The molecule has 0 saturated heterocycles. The second kappa shape index (κ2) is 7.37. The van der Waals surface area contributed by atoms with Crippen molar-refractivity contribution >= 4 is 5.97 Å². The van der Waals surface area contributed by atoms with Crippen LogP contribution in [0.5, 0.6) is 11.9 Å². The van der Waals surface area contributed by atoms with Gasteiger partial charge in [-0.25, -0.2) is 4.79 Å². The monoisotopic (exact) mass is 356 g/mol. The molecule has 0 N–H and O–H groups in total. The Kier molecular flexibility index (Phi) is 5.45. The molecule has 1 heterocycles. The average Bonchev–Trinajstić information content (AvgIpc) is 2.59. The third-order valence-electron chi connectivity index (χ3n) is 3.30. The largest absolute Gasteiger partial charge is 0.472 e. The number of carbonyl (C=O) groups excluding carboxylic acids is 1. The lowest BCUT2D eigenvalue weighted by molar-refractivity contribution is -0.137. The van der Waals surface area contributed by atoms with Gasteiger partial charge in [0.05, 0.1) is 19.8 Å². The number of halogens is 3. The van der Waals surface area contributed by atoms with E-state index in [9.17, 15) is 18.0 Å². The van der Waals surface area contributed by atoms with Crippen LogP contribution in [0.2, 0.25) is 0 Å². The van der Waals surface area contributed by atoms with E-state index in [1.54, 1.807) is 6.92 Å². The number of alkyl halides is 3. The van der Waals surface area contributed by atoms with Crippen LogP contribution < -0.4 is 9.47 Å². The van der Waals surface area contributed by atoms with E-state index in [4.69, 9.17) is 9.47 Å². The molecule has 6 nitrogen and oxygen atoms in total. The highest BCUT2D eigenvalue weighted by molar-refractivity contribution is 5.89. The van der Waals surface area contributed by atoms with Crippen molar-refractivity contribution in [3.8, 4) is 11.9 Å². The van der Waals surface area contributed by atoms with Gasteiger partial charge in [-0.05, 0) is 24.6 Å². The maximum absolute atomic E-state index is 12.6. The minimum atomic E-state index is -4.40.